The summed E-state index contributed by atoms with van der Waals surface area (Å²) in [4.78, 5) is 0. The van der Waals surface area contributed by atoms with Crippen LogP contribution in [0.4, 0.5) is 0 Å². The van der Waals surface area contributed by atoms with Gasteiger partial charge in [-0.3, -0.25) is 0 Å². The molecule has 0 amide bonds. The third-order valence-electron chi connectivity index (χ3n) is 3.08. The normalized spacial score (nSPS) is 11.1. The molecule has 0 aliphatic rings. The summed E-state index contributed by atoms with van der Waals surface area (Å²) < 4.78 is 11.0. The van der Waals surface area contributed by atoms with E-state index in [4.69, 9.17) is 20.9 Å². The lowest BCUT2D eigenvalue weighted by molar-refractivity contribution is 0.248. The summed E-state index contributed by atoms with van der Waals surface area (Å²) in [5.41, 5.74) is 1.96. The second-order valence-corrected chi connectivity index (χ2v) is 5.62. The van der Waals surface area contributed by atoms with Gasteiger partial charge in [0.2, 0.25) is 0 Å². The highest BCUT2D eigenvalue weighted by atomic mass is 35.5. The van der Waals surface area contributed by atoms with Gasteiger partial charge >= 0.3 is 0 Å². The van der Waals surface area contributed by atoms with Crippen LogP contribution in [0.2, 0.25) is 5.02 Å². The molecular formula is C16H21ClN2O2. The zero-order valence-corrected chi connectivity index (χ0v) is 13.4. The molecule has 1 aromatic heterocycles. The van der Waals surface area contributed by atoms with Gasteiger partial charge in [0.1, 0.15) is 12.4 Å². The Morgan fingerprint density at radius 1 is 1.33 bits per heavy atom. The van der Waals surface area contributed by atoms with Crippen molar-refractivity contribution < 1.29 is 9.26 Å². The number of aromatic nitrogens is 1. The van der Waals surface area contributed by atoms with E-state index in [2.05, 4.69) is 31.2 Å². The van der Waals surface area contributed by atoms with Gasteiger partial charge in [-0.2, -0.15) is 0 Å². The number of halogens is 1. The third kappa shape index (κ3) is 4.76. The molecule has 0 atom stereocenters. The van der Waals surface area contributed by atoms with Crippen molar-refractivity contribution in [2.24, 2.45) is 0 Å². The minimum Gasteiger partial charge on any atom is -0.486 e. The Morgan fingerprint density at radius 2 is 2.14 bits per heavy atom. The summed E-state index contributed by atoms with van der Waals surface area (Å²) in [7, 11) is 0. The van der Waals surface area contributed by atoms with Crippen LogP contribution in [-0.4, -0.2) is 11.2 Å². The SMILES string of the molecule is CCc1cc(OCc2cc(CNC(C)C)no2)ccc1Cl. The van der Waals surface area contributed by atoms with Crippen molar-refractivity contribution in [2.75, 3.05) is 0 Å². The van der Waals surface area contributed by atoms with Crippen LogP contribution in [0.3, 0.4) is 0 Å². The minimum atomic E-state index is 0.361. The first kappa shape index (κ1) is 15.9. The molecule has 0 spiro atoms. The van der Waals surface area contributed by atoms with Crippen LogP contribution >= 0.6 is 11.6 Å². The lowest BCUT2D eigenvalue weighted by Gasteiger charge is -2.07. The second kappa shape index (κ2) is 7.48. The summed E-state index contributed by atoms with van der Waals surface area (Å²) in [6.45, 7) is 7.31. The molecule has 0 bridgehead atoms. The lowest BCUT2D eigenvalue weighted by Crippen LogP contribution is -2.21. The number of nitrogens with one attached hydrogen (secondary N) is 1. The van der Waals surface area contributed by atoms with Gasteiger partial charge in [-0.1, -0.05) is 37.5 Å². The van der Waals surface area contributed by atoms with Crippen molar-refractivity contribution in [3.8, 4) is 5.75 Å². The highest BCUT2D eigenvalue weighted by Crippen LogP contribution is 2.23. The molecule has 0 saturated heterocycles. The number of benzene rings is 1. The monoisotopic (exact) mass is 308 g/mol. The quantitative estimate of drug-likeness (QED) is 0.841. The molecule has 1 N–H and O–H groups in total. The predicted octanol–water partition coefficient (Wildman–Crippen LogP) is 3.97. The molecular weight excluding hydrogens is 288 g/mol. The molecule has 0 aliphatic heterocycles. The average Bonchev–Trinajstić information content (AvgIpc) is 2.92. The Morgan fingerprint density at radius 3 is 2.86 bits per heavy atom. The Hall–Kier alpha value is -1.52. The molecule has 114 valence electrons. The standard InChI is InChI=1S/C16H21ClN2O2/c1-4-12-7-14(5-6-16(12)17)20-10-15-8-13(19-21-15)9-18-11(2)3/h5-8,11,18H,4,9-10H2,1-3H3. The summed E-state index contributed by atoms with van der Waals surface area (Å²) in [6, 6.07) is 8.00. The van der Waals surface area contributed by atoms with E-state index in [0.29, 0.717) is 25.0 Å². The predicted molar refractivity (Wildman–Crippen MR) is 83.6 cm³/mol. The lowest BCUT2D eigenvalue weighted by atomic mass is 10.1. The molecule has 1 aromatic carbocycles. The summed E-state index contributed by atoms with van der Waals surface area (Å²) in [6.07, 6.45) is 0.878. The van der Waals surface area contributed by atoms with Crippen LogP contribution in [0, 0.1) is 0 Å². The minimum absolute atomic E-state index is 0.361. The van der Waals surface area contributed by atoms with Crippen molar-refractivity contribution in [1.29, 1.82) is 0 Å². The number of ether oxygens (including phenoxy) is 1. The van der Waals surface area contributed by atoms with E-state index in [1.165, 1.54) is 0 Å². The van der Waals surface area contributed by atoms with Crippen molar-refractivity contribution in [1.82, 2.24) is 10.5 Å². The Balaban J connectivity index is 1.91. The van der Waals surface area contributed by atoms with E-state index in [0.717, 1.165) is 28.5 Å². The Kier molecular flexibility index (Phi) is 5.65. The molecule has 0 radical (unpaired) electrons. The van der Waals surface area contributed by atoms with Crippen molar-refractivity contribution in [3.63, 3.8) is 0 Å². The van der Waals surface area contributed by atoms with Crippen molar-refractivity contribution in [2.45, 2.75) is 46.4 Å². The van der Waals surface area contributed by atoms with Gasteiger partial charge in [0.15, 0.2) is 5.76 Å². The van der Waals surface area contributed by atoms with Crippen LogP contribution in [-0.2, 0) is 19.6 Å². The Labute approximate surface area is 130 Å². The maximum atomic E-state index is 6.09. The first-order valence-corrected chi connectivity index (χ1v) is 7.55. The molecule has 1 heterocycles. The number of hydrogen-bond donors (Lipinski definition) is 1. The van der Waals surface area contributed by atoms with Gasteiger partial charge in [0.05, 0.1) is 5.69 Å². The van der Waals surface area contributed by atoms with E-state index in [1.54, 1.807) is 0 Å². The first-order chi connectivity index (χ1) is 10.1. The van der Waals surface area contributed by atoms with E-state index < -0.39 is 0 Å². The number of aryl methyl sites for hydroxylation is 1. The zero-order chi connectivity index (χ0) is 15.2. The molecule has 2 rings (SSSR count). The van der Waals surface area contributed by atoms with E-state index in [1.807, 2.05) is 24.3 Å². The van der Waals surface area contributed by atoms with Gasteiger partial charge in [-0.25, -0.2) is 0 Å². The van der Waals surface area contributed by atoms with Gasteiger partial charge in [0.25, 0.3) is 0 Å². The molecule has 0 aliphatic carbocycles. The molecule has 5 heteroatoms. The highest BCUT2D eigenvalue weighted by Gasteiger charge is 2.07. The average molecular weight is 309 g/mol. The maximum Gasteiger partial charge on any atom is 0.174 e. The van der Waals surface area contributed by atoms with E-state index >= 15 is 0 Å². The fraction of sp³-hybridized carbons (Fsp3) is 0.438. The Bertz CT molecular complexity index is 581. The largest absolute Gasteiger partial charge is 0.486 e. The third-order valence-corrected chi connectivity index (χ3v) is 3.45. The van der Waals surface area contributed by atoms with Crippen LogP contribution in [0.5, 0.6) is 5.75 Å². The fourth-order valence-corrected chi connectivity index (χ4v) is 2.13. The van der Waals surface area contributed by atoms with Crippen LogP contribution in [0.25, 0.3) is 0 Å². The molecule has 4 nitrogen and oxygen atoms in total. The van der Waals surface area contributed by atoms with Gasteiger partial charge < -0.3 is 14.6 Å². The van der Waals surface area contributed by atoms with E-state index in [-0.39, 0.29) is 0 Å². The fourth-order valence-electron chi connectivity index (χ4n) is 1.88. The molecule has 0 fully saturated rings. The molecule has 21 heavy (non-hydrogen) atoms. The first-order valence-electron chi connectivity index (χ1n) is 7.17. The number of nitrogens with zero attached hydrogens (tertiary/aromatic N) is 1. The van der Waals surface area contributed by atoms with Gasteiger partial charge in [-0.15, -0.1) is 0 Å². The smallest absolute Gasteiger partial charge is 0.174 e. The topological polar surface area (TPSA) is 47.3 Å². The maximum absolute atomic E-state index is 6.09. The molecule has 2 aromatic rings. The summed E-state index contributed by atoms with van der Waals surface area (Å²) in [5, 5.41) is 8.07. The second-order valence-electron chi connectivity index (χ2n) is 5.22. The van der Waals surface area contributed by atoms with Crippen molar-refractivity contribution >= 4 is 11.6 Å². The molecule has 0 saturated carbocycles. The summed E-state index contributed by atoms with van der Waals surface area (Å²) in [5.74, 6) is 1.50. The van der Waals surface area contributed by atoms with Crippen molar-refractivity contribution in [3.05, 3.63) is 46.3 Å². The summed E-state index contributed by atoms with van der Waals surface area (Å²) >= 11 is 6.09. The van der Waals surface area contributed by atoms with Crippen LogP contribution in [0.15, 0.2) is 28.8 Å². The van der Waals surface area contributed by atoms with Gasteiger partial charge in [0, 0.05) is 23.7 Å². The number of hydrogen-bond acceptors (Lipinski definition) is 4. The molecule has 0 unspecified atom stereocenters. The van der Waals surface area contributed by atoms with Crippen LogP contribution < -0.4 is 10.1 Å². The number of rotatable bonds is 7. The van der Waals surface area contributed by atoms with Gasteiger partial charge in [-0.05, 0) is 30.2 Å². The highest BCUT2D eigenvalue weighted by molar-refractivity contribution is 6.31. The zero-order valence-electron chi connectivity index (χ0n) is 12.6. The van der Waals surface area contributed by atoms with E-state index in [9.17, 15) is 0 Å². The van der Waals surface area contributed by atoms with Crippen LogP contribution in [0.1, 0.15) is 37.8 Å².